The number of fused-ring (bicyclic) bond motifs is 2. The number of halogens is 3. The highest BCUT2D eigenvalue weighted by molar-refractivity contribution is 6.31. The van der Waals surface area contributed by atoms with Crippen molar-refractivity contribution in [3.05, 3.63) is 123 Å². The van der Waals surface area contributed by atoms with E-state index in [0.717, 1.165) is 18.2 Å². The van der Waals surface area contributed by atoms with Gasteiger partial charge in [0, 0.05) is 34.8 Å². The van der Waals surface area contributed by atoms with Crippen LogP contribution in [0.15, 0.2) is 89.3 Å². The lowest BCUT2D eigenvalue weighted by Gasteiger charge is -2.41. The number of hydrogen-bond acceptors (Lipinski definition) is 7. The number of para-hydroxylation sites is 1. The van der Waals surface area contributed by atoms with Gasteiger partial charge in [-0.3, -0.25) is 9.59 Å². The molecule has 3 aromatic rings. The summed E-state index contributed by atoms with van der Waals surface area (Å²) in [7, 11) is 0. The molecule has 10 heteroatoms. The molecule has 1 atom stereocenters. The smallest absolute Gasteiger partial charge is 0.348 e. The lowest BCUT2D eigenvalue weighted by Crippen LogP contribution is -2.50. The molecule has 0 aliphatic carbocycles. The van der Waals surface area contributed by atoms with E-state index < -0.39 is 40.5 Å². The number of carbonyl (C=O) groups excluding carboxylic acids is 3. The van der Waals surface area contributed by atoms with E-state index in [1.807, 2.05) is 0 Å². The minimum atomic E-state index is -2.40. The molecule has 7 nitrogen and oxygen atoms in total. The predicted octanol–water partition coefficient (Wildman–Crippen LogP) is 4.27. The Kier molecular flexibility index (Phi) is 5.85. The second kappa shape index (κ2) is 9.14. The van der Waals surface area contributed by atoms with E-state index in [1.54, 1.807) is 12.1 Å². The normalized spacial score (nSPS) is 22.3. The van der Waals surface area contributed by atoms with Crippen LogP contribution in [0.3, 0.4) is 0 Å². The lowest BCUT2D eigenvalue weighted by molar-refractivity contribution is -0.130. The molecule has 196 valence electrons. The molecule has 0 bridgehead atoms. The summed E-state index contributed by atoms with van der Waals surface area (Å²) in [6, 6.07) is 14.8. The van der Waals surface area contributed by atoms with Gasteiger partial charge in [0.05, 0.1) is 11.1 Å². The highest BCUT2D eigenvalue weighted by Gasteiger charge is 2.56. The first-order chi connectivity index (χ1) is 18.7. The Balaban J connectivity index is 1.68. The number of aliphatic hydroxyl groups is 1. The molecule has 1 fully saturated rings. The Labute approximate surface area is 225 Å². The summed E-state index contributed by atoms with van der Waals surface area (Å²) >= 11 is 6.01. The number of ketones is 2. The van der Waals surface area contributed by atoms with Gasteiger partial charge in [-0.15, -0.1) is 0 Å². The fraction of sp³-hybridized carbons (Fsp3) is 0.138. The summed E-state index contributed by atoms with van der Waals surface area (Å²) < 4.78 is 33.9. The van der Waals surface area contributed by atoms with Crippen LogP contribution in [0.4, 0.5) is 8.78 Å². The molecular weight excluding hydrogens is 530 g/mol. The monoisotopic (exact) mass is 548 g/mol. The Morgan fingerprint density at radius 1 is 1.03 bits per heavy atom. The van der Waals surface area contributed by atoms with Gasteiger partial charge in [-0.1, -0.05) is 29.8 Å². The van der Waals surface area contributed by atoms with Gasteiger partial charge >= 0.3 is 5.97 Å². The van der Waals surface area contributed by atoms with Gasteiger partial charge in [0.2, 0.25) is 5.78 Å². The van der Waals surface area contributed by atoms with E-state index in [9.17, 15) is 28.3 Å². The summed E-state index contributed by atoms with van der Waals surface area (Å²) in [4.78, 5) is 42.7. The summed E-state index contributed by atoms with van der Waals surface area (Å²) in [5, 5.41) is 15.9. The number of esters is 1. The SMILES string of the molecule is O=C1Oc2ccccc2C(=O)/C1=C1/C(C(=O)c2ccc(Cl)cc2)=C2NCCCN2C1(O)c1ccc(F)c(F)c1. The van der Waals surface area contributed by atoms with Crippen molar-refractivity contribution in [1.82, 2.24) is 10.2 Å². The Morgan fingerprint density at radius 2 is 1.77 bits per heavy atom. The molecule has 0 aromatic heterocycles. The summed E-state index contributed by atoms with van der Waals surface area (Å²) in [6.07, 6.45) is 0.502. The first-order valence-corrected chi connectivity index (χ1v) is 12.4. The Hall–Kier alpha value is -4.34. The highest BCUT2D eigenvalue weighted by atomic mass is 35.5. The third-order valence-electron chi connectivity index (χ3n) is 7.02. The zero-order chi connectivity index (χ0) is 27.5. The van der Waals surface area contributed by atoms with Gasteiger partial charge in [0.1, 0.15) is 17.1 Å². The molecule has 1 saturated heterocycles. The van der Waals surface area contributed by atoms with Gasteiger partial charge in [0.15, 0.2) is 23.1 Å². The van der Waals surface area contributed by atoms with Crippen LogP contribution in [0.2, 0.25) is 5.02 Å². The molecule has 0 saturated carbocycles. The van der Waals surface area contributed by atoms with Crippen molar-refractivity contribution in [3.63, 3.8) is 0 Å². The molecule has 0 amide bonds. The number of ether oxygens (including phenoxy) is 1. The number of nitrogens with zero attached hydrogens (tertiary/aromatic N) is 1. The number of benzene rings is 3. The van der Waals surface area contributed by atoms with Gasteiger partial charge in [-0.25, -0.2) is 13.6 Å². The molecule has 2 N–H and O–H groups in total. The maximum Gasteiger partial charge on any atom is 0.348 e. The molecule has 0 spiro atoms. The quantitative estimate of drug-likeness (QED) is 0.166. The van der Waals surface area contributed by atoms with Crippen LogP contribution in [0, 0.1) is 11.6 Å². The fourth-order valence-electron chi connectivity index (χ4n) is 5.24. The molecular formula is C29H19ClF2N2O5. The summed E-state index contributed by atoms with van der Waals surface area (Å²) in [5.41, 5.74) is -3.48. The van der Waals surface area contributed by atoms with E-state index in [0.29, 0.717) is 18.0 Å². The molecule has 3 aromatic carbocycles. The van der Waals surface area contributed by atoms with Crippen molar-refractivity contribution in [2.45, 2.75) is 12.1 Å². The van der Waals surface area contributed by atoms with E-state index in [4.69, 9.17) is 16.3 Å². The Bertz CT molecular complexity index is 1650. The van der Waals surface area contributed by atoms with Crippen LogP contribution in [-0.2, 0) is 10.5 Å². The molecule has 3 aliphatic heterocycles. The third-order valence-corrected chi connectivity index (χ3v) is 7.27. The number of hydrogen-bond donors (Lipinski definition) is 2. The number of carbonyl (C=O) groups is 3. The van der Waals surface area contributed by atoms with Gasteiger partial charge < -0.3 is 20.1 Å². The first-order valence-electron chi connectivity index (χ1n) is 12.1. The van der Waals surface area contributed by atoms with Gasteiger partial charge in [-0.05, 0) is 55.0 Å². The van der Waals surface area contributed by atoms with E-state index in [1.165, 1.54) is 41.3 Å². The summed E-state index contributed by atoms with van der Waals surface area (Å²) in [6.45, 7) is 0.590. The minimum Gasteiger partial charge on any atom is -0.422 e. The number of rotatable bonds is 3. The number of nitrogens with one attached hydrogen (secondary N) is 1. The van der Waals surface area contributed by atoms with Crippen molar-refractivity contribution >= 4 is 29.1 Å². The van der Waals surface area contributed by atoms with Crippen LogP contribution < -0.4 is 10.1 Å². The molecule has 39 heavy (non-hydrogen) atoms. The molecule has 6 rings (SSSR count). The highest BCUT2D eigenvalue weighted by Crippen LogP contribution is 2.51. The molecule has 3 aliphatic rings. The van der Waals surface area contributed by atoms with E-state index in [2.05, 4.69) is 5.32 Å². The lowest BCUT2D eigenvalue weighted by atomic mass is 9.82. The predicted molar refractivity (Wildman–Crippen MR) is 136 cm³/mol. The maximum absolute atomic E-state index is 14.5. The van der Waals surface area contributed by atoms with Crippen molar-refractivity contribution in [1.29, 1.82) is 0 Å². The maximum atomic E-state index is 14.5. The summed E-state index contributed by atoms with van der Waals surface area (Å²) in [5.74, 6) is -4.72. The molecule has 1 unspecified atom stereocenters. The third kappa shape index (κ3) is 3.77. The topological polar surface area (TPSA) is 95.9 Å². The van der Waals surface area contributed by atoms with Crippen LogP contribution >= 0.6 is 11.6 Å². The number of Topliss-reactive ketones (excluding diaryl/α,β-unsaturated/α-hetero) is 2. The second-order valence-corrected chi connectivity index (χ2v) is 9.69. The van der Waals surface area contributed by atoms with E-state index >= 15 is 0 Å². The van der Waals surface area contributed by atoms with Crippen LogP contribution in [0.25, 0.3) is 0 Å². The van der Waals surface area contributed by atoms with Crippen molar-refractivity contribution in [3.8, 4) is 5.75 Å². The van der Waals surface area contributed by atoms with Crippen LogP contribution in [0.5, 0.6) is 5.75 Å². The first kappa shape index (κ1) is 25.0. The van der Waals surface area contributed by atoms with Crippen molar-refractivity contribution < 1.29 is 33.0 Å². The van der Waals surface area contributed by atoms with E-state index in [-0.39, 0.29) is 46.0 Å². The molecule has 0 radical (unpaired) electrons. The Morgan fingerprint density at radius 3 is 2.51 bits per heavy atom. The average Bonchev–Trinajstić information content (AvgIpc) is 3.19. The zero-order valence-corrected chi connectivity index (χ0v) is 20.9. The van der Waals surface area contributed by atoms with Gasteiger partial charge in [0.25, 0.3) is 0 Å². The van der Waals surface area contributed by atoms with Gasteiger partial charge in [-0.2, -0.15) is 0 Å². The fourth-order valence-corrected chi connectivity index (χ4v) is 5.37. The van der Waals surface area contributed by atoms with Crippen LogP contribution in [-0.4, -0.2) is 40.6 Å². The largest absolute Gasteiger partial charge is 0.422 e. The molecule has 3 heterocycles. The standard InChI is InChI=1S/C29H19ClF2N2O5/c30-17-9-6-15(7-10-17)25(35)22-24(23-26(36)18-4-1-2-5-21(18)39-28(23)37)29(38,34-13-3-12-33-27(22)34)16-8-11-19(31)20(32)14-16/h1-2,4-11,14,33,38H,3,12-13H2/b24-23+. The second-order valence-electron chi connectivity index (χ2n) is 9.26. The minimum absolute atomic E-state index is 0.0280. The van der Waals surface area contributed by atoms with Crippen LogP contribution in [0.1, 0.15) is 32.7 Å². The average molecular weight is 549 g/mol. The zero-order valence-electron chi connectivity index (χ0n) is 20.1. The van der Waals surface area contributed by atoms with Crippen molar-refractivity contribution in [2.24, 2.45) is 0 Å². The van der Waals surface area contributed by atoms with Crippen molar-refractivity contribution in [2.75, 3.05) is 13.1 Å².